The number of anilines is 1. The van der Waals surface area contributed by atoms with Gasteiger partial charge in [-0.2, -0.15) is 0 Å². The summed E-state index contributed by atoms with van der Waals surface area (Å²) in [7, 11) is 0. The van der Waals surface area contributed by atoms with Gasteiger partial charge < -0.3 is 10.1 Å². The molecule has 0 saturated carbocycles. The number of morpholine rings is 1. The van der Waals surface area contributed by atoms with Crippen LogP contribution in [0.3, 0.4) is 0 Å². The lowest BCUT2D eigenvalue weighted by Crippen LogP contribution is -2.41. The largest absolute Gasteiger partial charge is 0.379 e. The van der Waals surface area contributed by atoms with Crippen molar-refractivity contribution in [2.75, 3.05) is 44.3 Å². The third kappa shape index (κ3) is 3.42. The van der Waals surface area contributed by atoms with Gasteiger partial charge in [0.25, 0.3) is 17.7 Å². The van der Waals surface area contributed by atoms with Crippen molar-refractivity contribution >= 4 is 23.4 Å². The number of carbonyl (C=O) groups excluding carboxylic acids is 3. The van der Waals surface area contributed by atoms with Crippen molar-refractivity contribution in [1.82, 2.24) is 10.2 Å². The second-order valence-corrected chi connectivity index (χ2v) is 6.72. The lowest BCUT2D eigenvalue weighted by atomic mass is 10.1. The lowest BCUT2D eigenvalue weighted by molar-refractivity contribution is 0.0383. The molecular weight excluding hydrogens is 358 g/mol. The van der Waals surface area contributed by atoms with Crippen molar-refractivity contribution in [1.29, 1.82) is 0 Å². The van der Waals surface area contributed by atoms with Gasteiger partial charge in [0, 0.05) is 26.2 Å². The van der Waals surface area contributed by atoms with Crippen LogP contribution in [0.4, 0.5) is 5.69 Å². The van der Waals surface area contributed by atoms with E-state index in [-0.39, 0.29) is 5.91 Å². The van der Waals surface area contributed by atoms with Crippen LogP contribution in [0.1, 0.15) is 31.1 Å². The van der Waals surface area contributed by atoms with E-state index >= 15 is 0 Å². The van der Waals surface area contributed by atoms with Crippen LogP contribution in [-0.2, 0) is 4.74 Å². The van der Waals surface area contributed by atoms with E-state index in [1.54, 1.807) is 48.5 Å². The number of carbonyl (C=O) groups is 3. The van der Waals surface area contributed by atoms with Crippen LogP contribution in [0.5, 0.6) is 0 Å². The van der Waals surface area contributed by atoms with Gasteiger partial charge >= 0.3 is 0 Å². The van der Waals surface area contributed by atoms with Gasteiger partial charge in [-0.1, -0.05) is 24.3 Å². The standard InChI is InChI=1S/C21H21N3O4/c25-19(22-9-10-23-11-13-28-14-12-23)17-7-3-4-8-18(17)24-20(26)15-5-1-2-6-16(15)21(24)27/h1-8H,9-14H2,(H,22,25). The first-order valence-corrected chi connectivity index (χ1v) is 9.32. The minimum absolute atomic E-state index is 0.303. The molecule has 28 heavy (non-hydrogen) atoms. The summed E-state index contributed by atoms with van der Waals surface area (Å²) in [6.07, 6.45) is 0. The molecule has 0 aliphatic carbocycles. The fourth-order valence-electron chi connectivity index (χ4n) is 3.52. The average molecular weight is 379 g/mol. The van der Waals surface area contributed by atoms with Crippen LogP contribution >= 0.6 is 0 Å². The molecule has 2 heterocycles. The zero-order valence-electron chi connectivity index (χ0n) is 15.4. The van der Waals surface area contributed by atoms with Crippen LogP contribution in [0.2, 0.25) is 0 Å². The molecule has 7 heteroatoms. The van der Waals surface area contributed by atoms with Crippen molar-refractivity contribution in [2.24, 2.45) is 0 Å². The Kier molecular flexibility index (Phi) is 5.18. The van der Waals surface area contributed by atoms with E-state index in [1.807, 2.05) is 0 Å². The number of para-hydroxylation sites is 1. The topological polar surface area (TPSA) is 79.0 Å². The molecule has 0 atom stereocenters. The highest BCUT2D eigenvalue weighted by Crippen LogP contribution is 2.30. The molecule has 144 valence electrons. The molecule has 0 radical (unpaired) electrons. The van der Waals surface area contributed by atoms with Gasteiger partial charge in [-0.3, -0.25) is 19.3 Å². The van der Waals surface area contributed by atoms with E-state index in [4.69, 9.17) is 4.74 Å². The second-order valence-electron chi connectivity index (χ2n) is 6.72. The summed E-state index contributed by atoms with van der Waals surface area (Å²) in [5.74, 6) is -1.12. The zero-order chi connectivity index (χ0) is 19.5. The number of nitrogens with one attached hydrogen (secondary N) is 1. The summed E-state index contributed by atoms with van der Waals surface area (Å²) in [5.41, 5.74) is 1.32. The Morgan fingerprint density at radius 3 is 2.21 bits per heavy atom. The summed E-state index contributed by atoms with van der Waals surface area (Å²) in [4.78, 5) is 41.6. The Bertz CT molecular complexity index is 886. The molecule has 4 rings (SSSR count). The first-order valence-electron chi connectivity index (χ1n) is 9.32. The Balaban J connectivity index is 1.50. The summed E-state index contributed by atoms with van der Waals surface area (Å²) in [5, 5.41) is 2.89. The third-order valence-electron chi connectivity index (χ3n) is 5.00. The van der Waals surface area contributed by atoms with Gasteiger partial charge in [-0.05, 0) is 24.3 Å². The van der Waals surface area contributed by atoms with E-state index < -0.39 is 11.8 Å². The Morgan fingerprint density at radius 2 is 1.54 bits per heavy atom. The lowest BCUT2D eigenvalue weighted by Gasteiger charge is -2.26. The smallest absolute Gasteiger partial charge is 0.266 e. The van der Waals surface area contributed by atoms with E-state index in [0.29, 0.717) is 42.1 Å². The molecule has 0 bridgehead atoms. The first kappa shape index (κ1) is 18.3. The molecule has 2 aromatic carbocycles. The second kappa shape index (κ2) is 7.92. The Morgan fingerprint density at radius 1 is 0.929 bits per heavy atom. The van der Waals surface area contributed by atoms with Crippen LogP contribution in [0.25, 0.3) is 0 Å². The van der Waals surface area contributed by atoms with Crippen molar-refractivity contribution in [3.8, 4) is 0 Å². The van der Waals surface area contributed by atoms with Crippen LogP contribution in [0.15, 0.2) is 48.5 Å². The SMILES string of the molecule is O=C(NCCN1CCOCC1)c1ccccc1N1C(=O)c2ccccc2C1=O. The number of rotatable bonds is 5. The molecule has 0 aromatic heterocycles. The molecule has 0 unspecified atom stereocenters. The molecule has 3 amide bonds. The molecule has 2 aliphatic heterocycles. The highest BCUT2D eigenvalue weighted by Gasteiger charge is 2.37. The number of hydrogen-bond donors (Lipinski definition) is 1. The fraction of sp³-hybridized carbons (Fsp3) is 0.286. The minimum atomic E-state index is -0.408. The van der Waals surface area contributed by atoms with Gasteiger partial charge in [-0.25, -0.2) is 4.90 Å². The van der Waals surface area contributed by atoms with E-state index in [2.05, 4.69) is 10.2 Å². The highest BCUT2D eigenvalue weighted by atomic mass is 16.5. The first-order chi connectivity index (χ1) is 13.7. The number of amides is 3. The molecule has 2 aliphatic rings. The fourth-order valence-corrected chi connectivity index (χ4v) is 3.52. The van der Waals surface area contributed by atoms with Gasteiger partial charge in [0.05, 0.1) is 35.6 Å². The van der Waals surface area contributed by atoms with Crippen molar-refractivity contribution in [3.63, 3.8) is 0 Å². The van der Waals surface area contributed by atoms with Gasteiger partial charge in [0.2, 0.25) is 0 Å². The summed E-state index contributed by atoms with van der Waals surface area (Å²) < 4.78 is 5.32. The maximum absolute atomic E-state index is 12.8. The molecule has 2 aromatic rings. The van der Waals surface area contributed by atoms with Crippen molar-refractivity contribution < 1.29 is 19.1 Å². The van der Waals surface area contributed by atoms with Crippen LogP contribution in [-0.4, -0.2) is 62.0 Å². The number of fused-ring (bicyclic) bond motifs is 1. The predicted octanol–water partition coefficient (Wildman–Crippen LogP) is 1.55. The normalized spacial score (nSPS) is 16.9. The van der Waals surface area contributed by atoms with Crippen molar-refractivity contribution in [2.45, 2.75) is 0 Å². The number of imide groups is 1. The quantitative estimate of drug-likeness (QED) is 0.798. The average Bonchev–Trinajstić information content (AvgIpc) is 2.99. The monoisotopic (exact) mass is 379 g/mol. The zero-order valence-corrected chi connectivity index (χ0v) is 15.4. The third-order valence-corrected chi connectivity index (χ3v) is 5.00. The molecular formula is C21H21N3O4. The minimum Gasteiger partial charge on any atom is -0.379 e. The van der Waals surface area contributed by atoms with Crippen LogP contribution in [0, 0.1) is 0 Å². The molecule has 1 fully saturated rings. The Labute approximate surface area is 162 Å². The van der Waals surface area contributed by atoms with Crippen LogP contribution < -0.4 is 10.2 Å². The number of nitrogens with zero attached hydrogens (tertiary/aromatic N) is 2. The summed E-state index contributed by atoms with van der Waals surface area (Å²) >= 11 is 0. The number of hydrogen-bond acceptors (Lipinski definition) is 5. The van der Waals surface area contributed by atoms with E-state index in [1.165, 1.54) is 0 Å². The summed E-state index contributed by atoms with van der Waals surface area (Å²) in [6, 6.07) is 13.4. The van der Waals surface area contributed by atoms with Gasteiger partial charge in [0.1, 0.15) is 0 Å². The maximum Gasteiger partial charge on any atom is 0.266 e. The summed E-state index contributed by atoms with van der Waals surface area (Å²) in [6.45, 7) is 4.32. The van der Waals surface area contributed by atoms with E-state index in [9.17, 15) is 14.4 Å². The molecule has 0 spiro atoms. The molecule has 1 N–H and O–H groups in total. The Hall–Kier alpha value is -3.03. The van der Waals surface area contributed by atoms with Gasteiger partial charge in [-0.15, -0.1) is 0 Å². The number of ether oxygens (including phenoxy) is 1. The molecule has 7 nitrogen and oxygen atoms in total. The maximum atomic E-state index is 12.8. The van der Waals surface area contributed by atoms with E-state index in [0.717, 1.165) is 24.5 Å². The molecule has 1 saturated heterocycles. The highest BCUT2D eigenvalue weighted by molar-refractivity contribution is 6.35. The number of benzene rings is 2. The van der Waals surface area contributed by atoms with Gasteiger partial charge in [0.15, 0.2) is 0 Å². The predicted molar refractivity (Wildman–Crippen MR) is 104 cm³/mol. The van der Waals surface area contributed by atoms with Crippen molar-refractivity contribution in [3.05, 3.63) is 65.2 Å².